The van der Waals surface area contributed by atoms with Crippen molar-refractivity contribution in [2.75, 3.05) is 13.7 Å². The molecule has 0 spiro atoms. The van der Waals surface area contributed by atoms with E-state index in [1.54, 1.807) is 7.11 Å². The van der Waals surface area contributed by atoms with E-state index in [2.05, 4.69) is 54.7 Å². The lowest BCUT2D eigenvalue weighted by Crippen LogP contribution is -2.27. The standard InChI is InChI=1S/C23H23ClN2O/c1-16(21-7-5-12-25-21)20-15-26(22-8-4-3-6-19(20)22)13-11-17-14-18(24)9-10-23(17)27-2/h3-4,6,8-10,14-16,21,25H,5,7,12H2,1-2H3. The molecule has 1 N–H and O–H groups in total. The van der Waals surface area contributed by atoms with Crippen molar-refractivity contribution in [3.63, 3.8) is 0 Å². The largest absolute Gasteiger partial charge is 0.495 e. The molecule has 1 aliphatic rings. The first-order chi connectivity index (χ1) is 13.2. The molecule has 1 aliphatic heterocycles. The maximum Gasteiger partial charge on any atom is 0.134 e. The Hall–Kier alpha value is -2.41. The maximum atomic E-state index is 6.13. The van der Waals surface area contributed by atoms with Crippen LogP contribution >= 0.6 is 11.6 Å². The Balaban J connectivity index is 1.77. The van der Waals surface area contributed by atoms with Gasteiger partial charge in [-0.1, -0.05) is 36.7 Å². The normalized spacial score (nSPS) is 17.5. The van der Waals surface area contributed by atoms with Crippen LogP contribution in [-0.4, -0.2) is 24.3 Å². The number of rotatable bonds is 3. The van der Waals surface area contributed by atoms with Crippen LogP contribution in [0, 0.1) is 12.0 Å². The van der Waals surface area contributed by atoms with Gasteiger partial charge in [-0.2, -0.15) is 0 Å². The maximum absolute atomic E-state index is 6.13. The first-order valence-corrected chi connectivity index (χ1v) is 9.74. The van der Waals surface area contributed by atoms with E-state index in [-0.39, 0.29) is 0 Å². The van der Waals surface area contributed by atoms with E-state index in [9.17, 15) is 0 Å². The average molecular weight is 379 g/mol. The Bertz CT molecular complexity index is 1020. The molecule has 2 heterocycles. The number of aromatic nitrogens is 1. The minimum Gasteiger partial charge on any atom is -0.495 e. The fourth-order valence-electron chi connectivity index (χ4n) is 3.91. The first kappa shape index (κ1) is 18.0. The fourth-order valence-corrected chi connectivity index (χ4v) is 4.09. The molecule has 2 atom stereocenters. The van der Waals surface area contributed by atoms with E-state index in [1.165, 1.54) is 23.8 Å². The summed E-state index contributed by atoms with van der Waals surface area (Å²) in [5, 5.41) is 5.55. The van der Waals surface area contributed by atoms with Gasteiger partial charge in [-0.15, -0.1) is 0 Å². The minimum atomic E-state index is 0.446. The Morgan fingerprint density at radius 3 is 2.89 bits per heavy atom. The summed E-state index contributed by atoms with van der Waals surface area (Å²) in [6.45, 7) is 3.42. The molecular formula is C23H23ClN2O. The number of halogens is 1. The highest BCUT2D eigenvalue weighted by Crippen LogP contribution is 2.32. The molecule has 0 saturated carbocycles. The first-order valence-electron chi connectivity index (χ1n) is 9.36. The van der Waals surface area contributed by atoms with Crippen molar-refractivity contribution in [3.05, 3.63) is 64.8 Å². The number of hydrogen-bond acceptors (Lipinski definition) is 2. The highest BCUT2D eigenvalue weighted by atomic mass is 35.5. The molecule has 1 aromatic heterocycles. The monoisotopic (exact) mass is 378 g/mol. The van der Waals surface area contributed by atoms with Gasteiger partial charge >= 0.3 is 0 Å². The third-order valence-electron chi connectivity index (χ3n) is 5.41. The lowest BCUT2D eigenvalue weighted by atomic mass is 9.92. The quantitative estimate of drug-likeness (QED) is 0.648. The third-order valence-corrected chi connectivity index (χ3v) is 5.64. The molecule has 1 saturated heterocycles. The van der Waals surface area contributed by atoms with Crippen LogP contribution in [0.5, 0.6) is 5.75 Å². The van der Waals surface area contributed by atoms with Crippen molar-refractivity contribution in [2.45, 2.75) is 31.7 Å². The van der Waals surface area contributed by atoms with Crippen LogP contribution in [0.25, 0.3) is 10.9 Å². The van der Waals surface area contributed by atoms with Crippen LogP contribution in [0.15, 0.2) is 48.7 Å². The van der Waals surface area contributed by atoms with Crippen molar-refractivity contribution in [1.29, 1.82) is 0 Å². The Kier molecular flexibility index (Phi) is 5.11. The number of hydrogen-bond donors (Lipinski definition) is 1. The zero-order valence-corrected chi connectivity index (χ0v) is 16.4. The van der Waals surface area contributed by atoms with Crippen molar-refractivity contribution < 1.29 is 4.74 Å². The average Bonchev–Trinajstić information content (AvgIpc) is 3.34. The Morgan fingerprint density at radius 1 is 1.26 bits per heavy atom. The smallest absolute Gasteiger partial charge is 0.134 e. The topological polar surface area (TPSA) is 26.2 Å². The molecule has 27 heavy (non-hydrogen) atoms. The van der Waals surface area contributed by atoms with Crippen molar-refractivity contribution in [2.24, 2.45) is 0 Å². The number of ether oxygens (including phenoxy) is 1. The minimum absolute atomic E-state index is 0.446. The van der Waals surface area contributed by atoms with Crippen LogP contribution < -0.4 is 10.1 Å². The van der Waals surface area contributed by atoms with Gasteiger partial charge in [0.25, 0.3) is 0 Å². The van der Waals surface area contributed by atoms with Crippen LogP contribution in [0.1, 0.15) is 36.8 Å². The summed E-state index contributed by atoms with van der Waals surface area (Å²) >= 11 is 6.13. The third kappa shape index (κ3) is 3.56. The van der Waals surface area contributed by atoms with Crippen molar-refractivity contribution in [1.82, 2.24) is 9.88 Å². The second-order valence-corrected chi connectivity index (χ2v) is 7.48. The van der Waals surface area contributed by atoms with E-state index in [0.29, 0.717) is 17.0 Å². The summed E-state index contributed by atoms with van der Waals surface area (Å²) in [4.78, 5) is 0. The summed E-state index contributed by atoms with van der Waals surface area (Å²) in [6, 6.07) is 17.8. The SMILES string of the molecule is COc1ccc(Cl)cc1C#Cn1cc(C(C)C2CCCN2)c2ccccc21. The van der Waals surface area contributed by atoms with Gasteiger partial charge in [-0.3, -0.25) is 4.57 Å². The lowest BCUT2D eigenvalue weighted by Gasteiger charge is -2.18. The van der Waals surface area contributed by atoms with E-state index in [4.69, 9.17) is 16.3 Å². The van der Waals surface area contributed by atoms with E-state index >= 15 is 0 Å². The second kappa shape index (κ2) is 7.68. The van der Waals surface area contributed by atoms with Crippen LogP contribution in [0.3, 0.4) is 0 Å². The summed E-state index contributed by atoms with van der Waals surface area (Å²) < 4.78 is 7.43. The number of benzene rings is 2. The van der Waals surface area contributed by atoms with Gasteiger partial charge < -0.3 is 10.1 Å². The summed E-state index contributed by atoms with van der Waals surface area (Å²) in [7, 11) is 1.65. The van der Waals surface area contributed by atoms with Gasteiger partial charge in [0.05, 0.1) is 18.2 Å². The van der Waals surface area contributed by atoms with Gasteiger partial charge in [0, 0.05) is 28.7 Å². The number of nitrogens with zero attached hydrogens (tertiary/aromatic N) is 1. The number of fused-ring (bicyclic) bond motifs is 1. The molecule has 2 aromatic carbocycles. The van der Waals surface area contributed by atoms with E-state index < -0.39 is 0 Å². The predicted molar refractivity (Wildman–Crippen MR) is 112 cm³/mol. The molecule has 0 amide bonds. The molecular weight excluding hydrogens is 356 g/mol. The van der Waals surface area contributed by atoms with Gasteiger partial charge in [0.15, 0.2) is 0 Å². The van der Waals surface area contributed by atoms with Crippen molar-refractivity contribution in [3.8, 4) is 17.7 Å². The molecule has 1 fully saturated rings. The number of para-hydroxylation sites is 1. The molecule has 0 bridgehead atoms. The van der Waals surface area contributed by atoms with Crippen LogP contribution in [-0.2, 0) is 0 Å². The lowest BCUT2D eigenvalue weighted by molar-refractivity contribution is 0.413. The highest BCUT2D eigenvalue weighted by molar-refractivity contribution is 6.30. The van der Waals surface area contributed by atoms with Crippen LogP contribution in [0.2, 0.25) is 5.02 Å². The Labute approximate surface area is 165 Å². The highest BCUT2D eigenvalue weighted by Gasteiger charge is 2.24. The van der Waals surface area contributed by atoms with Gasteiger partial charge in [-0.25, -0.2) is 0 Å². The molecule has 3 aromatic rings. The summed E-state index contributed by atoms with van der Waals surface area (Å²) in [6.07, 6.45) is 4.66. The van der Waals surface area contributed by atoms with Crippen molar-refractivity contribution >= 4 is 22.5 Å². The molecule has 0 radical (unpaired) electrons. The fraction of sp³-hybridized carbons (Fsp3) is 0.304. The number of methoxy groups -OCH3 is 1. The molecule has 4 heteroatoms. The molecule has 0 aliphatic carbocycles. The molecule has 2 unspecified atom stereocenters. The molecule has 3 nitrogen and oxygen atoms in total. The zero-order valence-electron chi connectivity index (χ0n) is 15.6. The van der Waals surface area contributed by atoms with Gasteiger partial charge in [0.2, 0.25) is 0 Å². The predicted octanol–water partition coefficient (Wildman–Crippen LogP) is 5.02. The van der Waals surface area contributed by atoms with Crippen LogP contribution in [0.4, 0.5) is 0 Å². The van der Waals surface area contributed by atoms with Gasteiger partial charge in [-0.05, 0) is 61.1 Å². The zero-order chi connectivity index (χ0) is 18.8. The molecule has 138 valence electrons. The van der Waals surface area contributed by atoms with E-state index in [0.717, 1.165) is 23.4 Å². The molecule has 4 rings (SSSR count). The summed E-state index contributed by atoms with van der Waals surface area (Å²) in [5.74, 6) is 4.40. The van der Waals surface area contributed by atoms with Gasteiger partial charge in [0.1, 0.15) is 5.75 Å². The second-order valence-electron chi connectivity index (χ2n) is 7.04. The Morgan fingerprint density at radius 2 is 2.11 bits per heavy atom. The van der Waals surface area contributed by atoms with E-state index in [1.807, 2.05) is 22.8 Å². The summed E-state index contributed by atoms with van der Waals surface area (Å²) in [5.41, 5.74) is 3.26. The number of nitrogens with one attached hydrogen (secondary N) is 1.